The summed E-state index contributed by atoms with van der Waals surface area (Å²) in [7, 11) is 0. The summed E-state index contributed by atoms with van der Waals surface area (Å²) in [4.78, 5) is 14.7. The fourth-order valence-electron chi connectivity index (χ4n) is 0.985. The first-order valence-corrected chi connectivity index (χ1v) is 3.98. The van der Waals surface area contributed by atoms with Gasteiger partial charge in [-0.25, -0.2) is 4.79 Å². The molecule has 0 aliphatic carbocycles. The number of pyridine rings is 1. The number of aryl methyl sites for hydroxylation is 1. The molecule has 4 nitrogen and oxygen atoms in total. The lowest BCUT2D eigenvalue weighted by Crippen LogP contribution is -2.04. The number of aromatic nitrogens is 1. The van der Waals surface area contributed by atoms with E-state index in [0.29, 0.717) is 18.1 Å². The van der Waals surface area contributed by atoms with Gasteiger partial charge >= 0.3 is 5.97 Å². The van der Waals surface area contributed by atoms with Gasteiger partial charge in [0.05, 0.1) is 12.8 Å². The van der Waals surface area contributed by atoms with E-state index in [2.05, 4.69) is 4.98 Å². The Bertz CT molecular complexity index is 323. The highest BCUT2D eigenvalue weighted by atomic mass is 16.5. The van der Waals surface area contributed by atoms with Crippen LogP contribution in [0.5, 0.6) is 5.75 Å². The van der Waals surface area contributed by atoms with Gasteiger partial charge in [-0.15, -0.1) is 0 Å². The van der Waals surface area contributed by atoms with Crippen LogP contribution >= 0.6 is 0 Å². The highest BCUT2D eigenvalue weighted by Crippen LogP contribution is 2.17. The Kier molecular flexibility index (Phi) is 2.84. The lowest BCUT2D eigenvalue weighted by molar-refractivity contribution is 0.0692. The molecule has 70 valence electrons. The summed E-state index contributed by atoms with van der Waals surface area (Å²) in [5.41, 5.74) is 0.829. The summed E-state index contributed by atoms with van der Waals surface area (Å²) in [6.45, 7) is 3.97. The SMILES string of the molecule is CCOc1cnc(C)cc1C(=O)O. The second-order valence-electron chi connectivity index (χ2n) is 2.56. The molecule has 0 bridgehead atoms. The third kappa shape index (κ3) is 2.18. The van der Waals surface area contributed by atoms with Crippen LogP contribution in [0.4, 0.5) is 0 Å². The second kappa shape index (κ2) is 3.89. The van der Waals surface area contributed by atoms with Gasteiger partial charge in [0.1, 0.15) is 5.56 Å². The average molecular weight is 181 g/mol. The molecule has 13 heavy (non-hydrogen) atoms. The van der Waals surface area contributed by atoms with Crippen LogP contribution in [0.15, 0.2) is 12.3 Å². The van der Waals surface area contributed by atoms with Crippen molar-refractivity contribution in [3.63, 3.8) is 0 Å². The Balaban J connectivity index is 3.10. The van der Waals surface area contributed by atoms with Crippen molar-refractivity contribution in [2.24, 2.45) is 0 Å². The molecular weight excluding hydrogens is 170 g/mol. The zero-order valence-corrected chi connectivity index (χ0v) is 7.57. The number of carbonyl (C=O) groups is 1. The third-order valence-corrected chi connectivity index (χ3v) is 1.53. The van der Waals surface area contributed by atoms with Gasteiger partial charge in [0, 0.05) is 5.69 Å². The average Bonchev–Trinajstić information content (AvgIpc) is 2.08. The van der Waals surface area contributed by atoms with E-state index in [4.69, 9.17) is 9.84 Å². The third-order valence-electron chi connectivity index (χ3n) is 1.53. The van der Waals surface area contributed by atoms with Crippen molar-refractivity contribution < 1.29 is 14.6 Å². The van der Waals surface area contributed by atoms with Crippen molar-refractivity contribution in [1.29, 1.82) is 0 Å². The molecule has 0 unspecified atom stereocenters. The number of rotatable bonds is 3. The molecule has 0 radical (unpaired) electrons. The van der Waals surface area contributed by atoms with Crippen molar-refractivity contribution in [2.45, 2.75) is 13.8 Å². The summed E-state index contributed by atoms with van der Waals surface area (Å²) in [5.74, 6) is -0.672. The molecule has 0 atom stereocenters. The van der Waals surface area contributed by atoms with E-state index in [1.165, 1.54) is 12.3 Å². The molecule has 4 heteroatoms. The maximum absolute atomic E-state index is 10.7. The van der Waals surface area contributed by atoms with E-state index in [1.807, 2.05) is 0 Å². The molecule has 1 aromatic heterocycles. The Labute approximate surface area is 76.2 Å². The number of ether oxygens (including phenoxy) is 1. The van der Waals surface area contributed by atoms with E-state index in [0.717, 1.165) is 0 Å². The van der Waals surface area contributed by atoms with E-state index < -0.39 is 5.97 Å². The van der Waals surface area contributed by atoms with Crippen molar-refractivity contribution in [3.05, 3.63) is 23.5 Å². The molecular formula is C9H11NO3. The Morgan fingerprint density at radius 1 is 1.69 bits per heavy atom. The number of aromatic carboxylic acids is 1. The first-order valence-electron chi connectivity index (χ1n) is 3.98. The smallest absolute Gasteiger partial charge is 0.339 e. The molecule has 0 aliphatic rings. The Morgan fingerprint density at radius 2 is 2.38 bits per heavy atom. The highest BCUT2D eigenvalue weighted by Gasteiger charge is 2.11. The van der Waals surface area contributed by atoms with Gasteiger partial charge in [0.15, 0.2) is 5.75 Å². The number of hydrogen-bond donors (Lipinski definition) is 1. The molecule has 0 amide bonds. The van der Waals surface area contributed by atoms with Crippen LogP contribution < -0.4 is 4.74 Å². The van der Waals surface area contributed by atoms with Gasteiger partial charge in [-0.2, -0.15) is 0 Å². The van der Waals surface area contributed by atoms with Crippen LogP contribution in [-0.2, 0) is 0 Å². The van der Waals surface area contributed by atoms with Gasteiger partial charge in [-0.05, 0) is 19.9 Å². The van der Waals surface area contributed by atoms with Gasteiger partial charge < -0.3 is 9.84 Å². The molecule has 0 saturated heterocycles. The van der Waals surface area contributed by atoms with Crippen LogP contribution in [-0.4, -0.2) is 22.7 Å². The summed E-state index contributed by atoms with van der Waals surface area (Å²) in [5, 5.41) is 8.81. The minimum Gasteiger partial charge on any atom is -0.491 e. The molecule has 0 aliphatic heterocycles. The first-order chi connectivity index (χ1) is 6.15. The van der Waals surface area contributed by atoms with Gasteiger partial charge in [-0.1, -0.05) is 0 Å². The van der Waals surface area contributed by atoms with Crippen molar-refractivity contribution in [2.75, 3.05) is 6.61 Å². The molecule has 0 fully saturated rings. The van der Waals surface area contributed by atoms with Crippen molar-refractivity contribution in [1.82, 2.24) is 4.98 Å². The second-order valence-corrected chi connectivity index (χ2v) is 2.56. The van der Waals surface area contributed by atoms with E-state index >= 15 is 0 Å². The summed E-state index contributed by atoms with van der Waals surface area (Å²) >= 11 is 0. The molecule has 1 heterocycles. The maximum Gasteiger partial charge on any atom is 0.339 e. The van der Waals surface area contributed by atoms with Gasteiger partial charge in [-0.3, -0.25) is 4.98 Å². The largest absolute Gasteiger partial charge is 0.491 e. The fraction of sp³-hybridized carbons (Fsp3) is 0.333. The first kappa shape index (κ1) is 9.51. The Hall–Kier alpha value is -1.58. The van der Waals surface area contributed by atoms with Crippen molar-refractivity contribution >= 4 is 5.97 Å². The quantitative estimate of drug-likeness (QED) is 0.767. The van der Waals surface area contributed by atoms with Crippen LogP contribution in [0.3, 0.4) is 0 Å². The number of carboxylic acid groups (broad SMARTS) is 1. The molecule has 1 aromatic rings. The summed E-state index contributed by atoms with van der Waals surface area (Å²) in [6.07, 6.45) is 1.43. The number of nitrogens with zero attached hydrogens (tertiary/aromatic N) is 1. The van der Waals surface area contributed by atoms with Crippen LogP contribution in [0, 0.1) is 6.92 Å². The lowest BCUT2D eigenvalue weighted by Gasteiger charge is -2.06. The predicted octanol–water partition coefficient (Wildman–Crippen LogP) is 1.49. The zero-order valence-electron chi connectivity index (χ0n) is 7.57. The van der Waals surface area contributed by atoms with E-state index in [-0.39, 0.29) is 5.56 Å². The zero-order chi connectivity index (χ0) is 9.84. The van der Waals surface area contributed by atoms with Crippen LogP contribution in [0.25, 0.3) is 0 Å². The standard InChI is InChI=1S/C9H11NO3/c1-3-13-8-5-10-6(2)4-7(8)9(11)12/h4-5H,3H2,1-2H3,(H,11,12). The molecule has 0 saturated carbocycles. The molecule has 1 N–H and O–H groups in total. The number of hydrogen-bond acceptors (Lipinski definition) is 3. The predicted molar refractivity (Wildman–Crippen MR) is 47.1 cm³/mol. The summed E-state index contributed by atoms with van der Waals surface area (Å²) in [6, 6.07) is 1.49. The van der Waals surface area contributed by atoms with E-state index in [1.54, 1.807) is 13.8 Å². The Morgan fingerprint density at radius 3 is 2.92 bits per heavy atom. The maximum atomic E-state index is 10.7. The molecule has 0 aromatic carbocycles. The highest BCUT2D eigenvalue weighted by molar-refractivity contribution is 5.90. The van der Waals surface area contributed by atoms with E-state index in [9.17, 15) is 4.79 Å². The van der Waals surface area contributed by atoms with Gasteiger partial charge in [0.25, 0.3) is 0 Å². The minimum atomic E-state index is -0.992. The summed E-state index contributed by atoms with van der Waals surface area (Å²) < 4.78 is 5.11. The lowest BCUT2D eigenvalue weighted by atomic mass is 10.2. The topological polar surface area (TPSA) is 59.4 Å². The van der Waals surface area contributed by atoms with Crippen molar-refractivity contribution in [3.8, 4) is 5.75 Å². The monoisotopic (exact) mass is 181 g/mol. The molecule has 1 rings (SSSR count). The van der Waals surface area contributed by atoms with Crippen LogP contribution in [0.1, 0.15) is 23.0 Å². The number of carboxylic acids is 1. The van der Waals surface area contributed by atoms with Crippen LogP contribution in [0.2, 0.25) is 0 Å². The fourth-order valence-corrected chi connectivity index (χ4v) is 0.985. The molecule has 0 spiro atoms. The normalized spacial score (nSPS) is 9.69. The van der Waals surface area contributed by atoms with Gasteiger partial charge in [0.2, 0.25) is 0 Å². The minimum absolute atomic E-state index is 0.161.